The lowest BCUT2D eigenvalue weighted by Gasteiger charge is -2.26. The van der Waals surface area contributed by atoms with E-state index in [-0.39, 0.29) is 0 Å². The van der Waals surface area contributed by atoms with Crippen molar-refractivity contribution in [3.8, 4) is 0 Å². The second-order valence-corrected chi connectivity index (χ2v) is 6.55. The zero-order valence-corrected chi connectivity index (χ0v) is 13.2. The SMILES string of the molecule is CC1CCC(OCc2cccc(CNC(C)C)c2)CC1. The number of hydrogen-bond acceptors (Lipinski definition) is 2. The predicted octanol–water partition coefficient (Wildman–Crippen LogP) is 4.28. The molecule has 0 aliphatic heterocycles. The summed E-state index contributed by atoms with van der Waals surface area (Å²) in [5.74, 6) is 0.889. The summed E-state index contributed by atoms with van der Waals surface area (Å²) in [6, 6.07) is 9.28. The van der Waals surface area contributed by atoms with Crippen LogP contribution >= 0.6 is 0 Å². The van der Waals surface area contributed by atoms with E-state index < -0.39 is 0 Å². The van der Waals surface area contributed by atoms with Crippen molar-refractivity contribution >= 4 is 0 Å². The summed E-state index contributed by atoms with van der Waals surface area (Å²) in [6.45, 7) is 8.40. The van der Waals surface area contributed by atoms with Gasteiger partial charge in [0, 0.05) is 12.6 Å². The Balaban J connectivity index is 1.79. The van der Waals surface area contributed by atoms with Gasteiger partial charge in [0.1, 0.15) is 0 Å². The molecule has 1 saturated carbocycles. The quantitative estimate of drug-likeness (QED) is 0.836. The summed E-state index contributed by atoms with van der Waals surface area (Å²) in [5.41, 5.74) is 2.64. The third-order valence-corrected chi connectivity index (χ3v) is 4.15. The fourth-order valence-electron chi connectivity index (χ4n) is 2.76. The van der Waals surface area contributed by atoms with E-state index in [0.29, 0.717) is 12.1 Å². The van der Waals surface area contributed by atoms with Gasteiger partial charge in [0.25, 0.3) is 0 Å². The van der Waals surface area contributed by atoms with Crippen LogP contribution in [0.1, 0.15) is 57.6 Å². The Bertz CT molecular complexity index is 394. The maximum atomic E-state index is 6.08. The Morgan fingerprint density at radius 1 is 1.15 bits per heavy atom. The van der Waals surface area contributed by atoms with Crippen LogP contribution in [0.15, 0.2) is 24.3 Å². The molecule has 1 aromatic carbocycles. The standard InChI is InChI=1S/C18H29NO/c1-14(2)19-12-16-5-4-6-17(11-16)13-20-18-9-7-15(3)8-10-18/h4-6,11,14-15,18-19H,7-10,12-13H2,1-3H3. The van der Waals surface area contributed by atoms with E-state index in [1.165, 1.54) is 36.8 Å². The maximum absolute atomic E-state index is 6.08. The number of hydrogen-bond donors (Lipinski definition) is 1. The van der Waals surface area contributed by atoms with Crippen LogP contribution in [-0.4, -0.2) is 12.1 Å². The Hall–Kier alpha value is -0.860. The first-order valence-corrected chi connectivity index (χ1v) is 8.06. The molecule has 1 aliphatic carbocycles. The molecule has 2 nitrogen and oxygen atoms in total. The van der Waals surface area contributed by atoms with Crippen LogP contribution in [-0.2, 0) is 17.9 Å². The van der Waals surface area contributed by atoms with Crippen LogP contribution in [0, 0.1) is 5.92 Å². The molecule has 2 rings (SSSR count). The lowest BCUT2D eigenvalue weighted by atomic mass is 9.89. The Labute approximate surface area is 123 Å². The molecule has 0 radical (unpaired) electrons. The molecular weight excluding hydrogens is 246 g/mol. The van der Waals surface area contributed by atoms with Crippen molar-refractivity contribution in [2.75, 3.05) is 0 Å². The van der Waals surface area contributed by atoms with Crippen molar-refractivity contribution < 1.29 is 4.74 Å². The smallest absolute Gasteiger partial charge is 0.0720 e. The fraction of sp³-hybridized carbons (Fsp3) is 0.667. The van der Waals surface area contributed by atoms with Gasteiger partial charge in [0.2, 0.25) is 0 Å². The van der Waals surface area contributed by atoms with Gasteiger partial charge in [-0.05, 0) is 42.7 Å². The highest BCUT2D eigenvalue weighted by Gasteiger charge is 2.18. The van der Waals surface area contributed by atoms with E-state index in [4.69, 9.17) is 4.74 Å². The molecule has 0 saturated heterocycles. The van der Waals surface area contributed by atoms with Gasteiger partial charge in [-0.1, -0.05) is 45.0 Å². The first-order valence-electron chi connectivity index (χ1n) is 8.06. The van der Waals surface area contributed by atoms with E-state index in [0.717, 1.165) is 19.1 Å². The number of ether oxygens (including phenoxy) is 1. The molecule has 0 unspecified atom stereocenters. The minimum absolute atomic E-state index is 0.476. The summed E-state index contributed by atoms with van der Waals surface area (Å²) in [5, 5.41) is 3.46. The second-order valence-electron chi connectivity index (χ2n) is 6.55. The largest absolute Gasteiger partial charge is 0.374 e. The Kier molecular flexibility index (Phi) is 6.06. The molecule has 0 aromatic heterocycles. The highest BCUT2D eigenvalue weighted by molar-refractivity contribution is 5.22. The molecule has 112 valence electrons. The highest BCUT2D eigenvalue weighted by atomic mass is 16.5. The minimum atomic E-state index is 0.476. The Morgan fingerprint density at radius 2 is 1.85 bits per heavy atom. The summed E-state index contributed by atoms with van der Waals surface area (Å²) >= 11 is 0. The van der Waals surface area contributed by atoms with Gasteiger partial charge in [0.05, 0.1) is 12.7 Å². The van der Waals surface area contributed by atoms with E-state index >= 15 is 0 Å². The molecule has 20 heavy (non-hydrogen) atoms. The highest BCUT2D eigenvalue weighted by Crippen LogP contribution is 2.26. The number of rotatable bonds is 6. The third kappa shape index (κ3) is 5.26. The average Bonchev–Trinajstić information content (AvgIpc) is 2.45. The molecule has 0 spiro atoms. The molecule has 2 heteroatoms. The van der Waals surface area contributed by atoms with Crippen LogP contribution in [0.3, 0.4) is 0 Å². The van der Waals surface area contributed by atoms with Gasteiger partial charge in [-0.15, -0.1) is 0 Å². The van der Waals surface area contributed by atoms with E-state index in [9.17, 15) is 0 Å². The third-order valence-electron chi connectivity index (χ3n) is 4.15. The molecule has 1 N–H and O–H groups in total. The molecule has 0 amide bonds. The van der Waals surface area contributed by atoms with Gasteiger partial charge in [-0.2, -0.15) is 0 Å². The molecule has 1 aliphatic rings. The van der Waals surface area contributed by atoms with Crippen molar-refractivity contribution in [3.05, 3.63) is 35.4 Å². The zero-order chi connectivity index (χ0) is 14.4. The molecule has 1 fully saturated rings. The van der Waals surface area contributed by atoms with Gasteiger partial charge < -0.3 is 10.1 Å². The van der Waals surface area contributed by atoms with Crippen LogP contribution in [0.5, 0.6) is 0 Å². The number of nitrogens with one attached hydrogen (secondary N) is 1. The monoisotopic (exact) mass is 275 g/mol. The molecule has 0 bridgehead atoms. The summed E-state index contributed by atoms with van der Waals surface area (Å²) in [4.78, 5) is 0. The topological polar surface area (TPSA) is 21.3 Å². The minimum Gasteiger partial charge on any atom is -0.374 e. The summed E-state index contributed by atoms with van der Waals surface area (Å²) < 4.78 is 6.08. The summed E-state index contributed by atoms with van der Waals surface area (Å²) in [7, 11) is 0. The maximum Gasteiger partial charge on any atom is 0.0720 e. The summed E-state index contributed by atoms with van der Waals surface area (Å²) in [6.07, 6.45) is 5.58. The molecule has 1 aromatic rings. The van der Waals surface area contributed by atoms with Crippen LogP contribution in [0.2, 0.25) is 0 Å². The zero-order valence-electron chi connectivity index (χ0n) is 13.2. The van der Waals surface area contributed by atoms with Crippen LogP contribution < -0.4 is 5.32 Å². The first-order chi connectivity index (χ1) is 9.63. The second kappa shape index (κ2) is 7.80. The van der Waals surface area contributed by atoms with Crippen molar-refractivity contribution in [1.82, 2.24) is 5.32 Å². The fourth-order valence-corrected chi connectivity index (χ4v) is 2.76. The van der Waals surface area contributed by atoms with Crippen molar-refractivity contribution in [2.45, 2.75) is 71.8 Å². The lowest BCUT2D eigenvalue weighted by molar-refractivity contribution is 0.00875. The molecular formula is C18H29NO. The van der Waals surface area contributed by atoms with E-state index in [2.05, 4.69) is 50.4 Å². The van der Waals surface area contributed by atoms with Gasteiger partial charge in [0.15, 0.2) is 0 Å². The number of benzene rings is 1. The van der Waals surface area contributed by atoms with Gasteiger partial charge >= 0.3 is 0 Å². The van der Waals surface area contributed by atoms with Crippen molar-refractivity contribution in [1.29, 1.82) is 0 Å². The van der Waals surface area contributed by atoms with Crippen molar-refractivity contribution in [3.63, 3.8) is 0 Å². The van der Waals surface area contributed by atoms with Crippen molar-refractivity contribution in [2.24, 2.45) is 5.92 Å². The lowest BCUT2D eigenvalue weighted by Crippen LogP contribution is -2.22. The average molecular weight is 275 g/mol. The Morgan fingerprint density at radius 3 is 2.55 bits per heavy atom. The van der Waals surface area contributed by atoms with E-state index in [1.54, 1.807) is 0 Å². The van der Waals surface area contributed by atoms with E-state index in [1.807, 2.05) is 0 Å². The predicted molar refractivity (Wildman–Crippen MR) is 84.6 cm³/mol. The molecule has 0 atom stereocenters. The normalized spacial score (nSPS) is 23.2. The molecule has 0 heterocycles. The van der Waals surface area contributed by atoms with Crippen LogP contribution in [0.25, 0.3) is 0 Å². The first kappa shape index (κ1) is 15.5. The van der Waals surface area contributed by atoms with Crippen LogP contribution in [0.4, 0.5) is 0 Å². The van der Waals surface area contributed by atoms with Gasteiger partial charge in [-0.3, -0.25) is 0 Å². The van der Waals surface area contributed by atoms with Gasteiger partial charge in [-0.25, -0.2) is 0 Å².